The fourth-order valence-corrected chi connectivity index (χ4v) is 2.45. The van der Waals surface area contributed by atoms with Crippen molar-refractivity contribution in [1.82, 2.24) is 5.32 Å². The van der Waals surface area contributed by atoms with Crippen LogP contribution in [0.15, 0.2) is 18.2 Å². The van der Waals surface area contributed by atoms with Gasteiger partial charge in [0, 0.05) is 17.8 Å². The summed E-state index contributed by atoms with van der Waals surface area (Å²) in [7, 11) is 1.62. The lowest BCUT2D eigenvalue weighted by atomic mass is 9.96. The molecular weight excluding hydrogens is 240 g/mol. The first-order valence-corrected chi connectivity index (χ1v) is 6.91. The first kappa shape index (κ1) is 13.7. The summed E-state index contributed by atoms with van der Waals surface area (Å²) >= 11 is 0. The Morgan fingerprint density at radius 3 is 2.68 bits per heavy atom. The van der Waals surface area contributed by atoms with Crippen molar-refractivity contribution in [2.75, 3.05) is 12.4 Å². The molecule has 1 aliphatic rings. The molecule has 2 amide bonds. The minimum absolute atomic E-state index is 0.122. The SMILES string of the molecule is COc1ccc(C)c(NC(=O)NC2CCCCC2)c1. The molecule has 0 atom stereocenters. The molecule has 2 N–H and O–H groups in total. The molecule has 1 saturated carbocycles. The van der Waals surface area contributed by atoms with E-state index in [1.165, 1.54) is 19.3 Å². The number of hydrogen-bond donors (Lipinski definition) is 2. The van der Waals surface area contributed by atoms with Gasteiger partial charge < -0.3 is 15.4 Å². The number of amides is 2. The van der Waals surface area contributed by atoms with Crippen LogP contribution < -0.4 is 15.4 Å². The van der Waals surface area contributed by atoms with Gasteiger partial charge in [-0.3, -0.25) is 0 Å². The quantitative estimate of drug-likeness (QED) is 0.876. The Labute approximate surface area is 114 Å². The Morgan fingerprint density at radius 2 is 2.00 bits per heavy atom. The van der Waals surface area contributed by atoms with Gasteiger partial charge in [0.05, 0.1) is 7.11 Å². The molecule has 0 spiro atoms. The Hall–Kier alpha value is -1.71. The van der Waals surface area contributed by atoms with Gasteiger partial charge in [0.2, 0.25) is 0 Å². The zero-order valence-electron chi connectivity index (χ0n) is 11.7. The fraction of sp³-hybridized carbons (Fsp3) is 0.533. The van der Waals surface area contributed by atoms with Crippen LogP contribution in [0, 0.1) is 6.92 Å². The third-order valence-electron chi connectivity index (χ3n) is 3.63. The predicted molar refractivity (Wildman–Crippen MR) is 76.8 cm³/mol. The second kappa shape index (κ2) is 6.45. The minimum atomic E-state index is -0.122. The molecule has 0 unspecified atom stereocenters. The van der Waals surface area contributed by atoms with E-state index in [-0.39, 0.29) is 6.03 Å². The van der Waals surface area contributed by atoms with Crippen LogP contribution in [0.2, 0.25) is 0 Å². The highest BCUT2D eigenvalue weighted by Gasteiger charge is 2.16. The maximum Gasteiger partial charge on any atom is 0.319 e. The number of benzene rings is 1. The number of nitrogens with one attached hydrogen (secondary N) is 2. The van der Waals surface area contributed by atoms with Crippen LogP contribution in [-0.2, 0) is 0 Å². The number of aryl methyl sites for hydroxylation is 1. The van der Waals surface area contributed by atoms with Crippen LogP contribution in [0.1, 0.15) is 37.7 Å². The topological polar surface area (TPSA) is 50.4 Å². The average Bonchev–Trinajstić information content (AvgIpc) is 2.42. The van der Waals surface area contributed by atoms with E-state index in [9.17, 15) is 4.79 Å². The summed E-state index contributed by atoms with van der Waals surface area (Å²) in [5.41, 5.74) is 1.83. The molecule has 4 heteroatoms. The first-order chi connectivity index (χ1) is 9.19. The van der Waals surface area contributed by atoms with Crippen LogP contribution in [0.25, 0.3) is 0 Å². The van der Waals surface area contributed by atoms with Gasteiger partial charge in [0.1, 0.15) is 5.75 Å². The fourth-order valence-electron chi connectivity index (χ4n) is 2.45. The van der Waals surface area contributed by atoms with E-state index in [0.717, 1.165) is 29.8 Å². The summed E-state index contributed by atoms with van der Waals surface area (Å²) in [6.07, 6.45) is 5.89. The molecule has 1 aromatic carbocycles. The van der Waals surface area contributed by atoms with E-state index in [0.29, 0.717) is 6.04 Å². The molecule has 104 valence electrons. The van der Waals surface area contributed by atoms with Gasteiger partial charge in [-0.2, -0.15) is 0 Å². The van der Waals surface area contributed by atoms with Gasteiger partial charge in [-0.05, 0) is 31.4 Å². The smallest absolute Gasteiger partial charge is 0.319 e. The average molecular weight is 262 g/mol. The summed E-state index contributed by atoms with van der Waals surface area (Å²) < 4.78 is 5.17. The van der Waals surface area contributed by atoms with Gasteiger partial charge in [0.25, 0.3) is 0 Å². The molecule has 0 bridgehead atoms. The molecule has 2 rings (SSSR count). The van der Waals surface area contributed by atoms with Crippen LogP contribution in [0.4, 0.5) is 10.5 Å². The molecule has 4 nitrogen and oxygen atoms in total. The number of urea groups is 1. The maximum absolute atomic E-state index is 12.0. The van der Waals surface area contributed by atoms with E-state index in [4.69, 9.17) is 4.74 Å². The lowest BCUT2D eigenvalue weighted by Crippen LogP contribution is -2.39. The van der Waals surface area contributed by atoms with Crippen molar-refractivity contribution >= 4 is 11.7 Å². The third kappa shape index (κ3) is 3.88. The van der Waals surface area contributed by atoms with Crippen LogP contribution in [0.5, 0.6) is 5.75 Å². The second-order valence-corrected chi connectivity index (χ2v) is 5.11. The second-order valence-electron chi connectivity index (χ2n) is 5.11. The third-order valence-corrected chi connectivity index (χ3v) is 3.63. The van der Waals surface area contributed by atoms with Gasteiger partial charge >= 0.3 is 6.03 Å². The summed E-state index contributed by atoms with van der Waals surface area (Å²) in [5.74, 6) is 0.749. The van der Waals surface area contributed by atoms with Gasteiger partial charge in [0.15, 0.2) is 0 Å². The normalized spacial score (nSPS) is 15.9. The first-order valence-electron chi connectivity index (χ1n) is 6.91. The summed E-state index contributed by atoms with van der Waals surface area (Å²) in [5, 5.41) is 5.94. The van der Waals surface area contributed by atoms with Gasteiger partial charge in [-0.15, -0.1) is 0 Å². The number of carbonyl (C=O) groups excluding carboxylic acids is 1. The summed E-state index contributed by atoms with van der Waals surface area (Å²) in [6, 6.07) is 5.87. The molecule has 0 aliphatic heterocycles. The van der Waals surface area contributed by atoms with Crippen molar-refractivity contribution < 1.29 is 9.53 Å². The van der Waals surface area contributed by atoms with Crippen LogP contribution in [0.3, 0.4) is 0 Å². The number of carbonyl (C=O) groups is 1. The monoisotopic (exact) mass is 262 g/mol. The van der Waals surface area contributed by atoms with Crippen molar-refractivity contribution in [3.05, 3.63) is 23.8 Å². The Balaban J connectivity index is 1.94. The standard InChI is InChI=1S/C15H22N2O2/c1-11-8-9-13(19-2)10-14(11)17-15(18)16-12-6-4-3-5-7-12/h8-10,12H,3-7H2,1-2H3,(H2,16,17,18). The molecule has 0 aromatic heterocycles. The highest BCUT2D eigenvalue weighted by molar-refractivity contribution is 5.90. The molecule has 1 fully saturated rings. The highest BCUT2D eigenvalue weighted by atomic mass is 16.5. The number of rotatable bonds is 3. The lowest BCUT2D eigenvalue weighted by Gasteiger charge is -2.23. The van der Waals surface area contributed by atoms with Crippen molar-refractivity contribution in [3.8, 4) is 5.75 Å². The lowest BCUT2D eigenvalue weighted by molar-refractivity contribution is 0.244. The molecule has 19 heavy (non-hydrogen) atoms. The molecular formula is C15H22N2O2. The van der Waals surface area contributed by atoms with E-state index < -0.39 is 0 Å². The molecule has 1 aliphatic carbocycles. The number of anilines is 1. The number of ether oxygens (including phenoxy) is 1. The number of hydrogen-bond acceptors (Lipinski definition) is 2. The largest absolute Gasteiger partial charge is 0.497 e. The molecule has 1 aromatic rings. The Bertz CT molecular complexity index is 440. The van der Waals surface area contributed by atoms with Crippen molar-refractivity contribution in [2.45, 2.75) is 45.1 Å². The van der Waals surface area contributed by atoms with E-state index in [1.807, 2.05) is 25.1 Å². The Morgan fingerprint density at radius 1 is 1.26 bits per heavy atom. The summed E-state index contributed by atoms with van der Waals surface area (Å²) in [4.78, 5) is 12.0. The van der Waals surface area contributed by atoms with Crippen molar-refractivity contribution in [2.24, 2.45) is 0 Å². The van der Waals surface area contributed by atoms with E-state index in [1.54, 1.807) is 7.11 Å². The highest BCUT2D eigenvalue weighted by Crippen LogP contribution is 2.22. The molecule has 0 radical (unpaired) electrons. The van der Waals surface area contributed by atoms with Crippen molar-refractivity contribution in [3.63, 3.8) is 0 Å². The maximum atomic E-state index is 12.0. The van der Waals surface area contributed by atoms with E-state index >= 15 is 0 Å². The van der Waals surface area contributed by atoms with Crippen molar-refractivity contribution in [1.29, 1.82) is 0 Å². The van der Waals surface area contributed by atoms with Crippen LogP contribution in [-0.4, -0.2) is 19.2 Å². The summed E-state index contributed by atoms with van der Waals surface area (Å²) in [6.45, 7) is 1.97. The van der Waals surface area contributed by atoms with Crippen LogP contribution >= 0.6 is 0 Å². The zero-order chi connectivity index (χ0) is 13.7. The van der Waals surface area contributed by atoms with Gasteiger partial charge in [-0.1, -0.05) is 25.3 Å². The zero-order valence-corrected chi connectivity index (χ0v) is 11.7. The van der Waals surface area contributed by atoms with E-state index in [2.05, 4.69) is 10.6 Å². The Kier molecular flexibility index (Phi) is 4.66. The molecule has 0 saturated heterocycles. The predicted octanol–water partition coefficient (Wildman–Crippen LogP) is 3.46. The minimum Gasteiger partial charge on any atom is -0.497 e. The number of methoxy groups -OCH3 is 1. The molecule has 0 heterocycles. The van der Waals surface area contributed by atoms with Gasteiger partial charge in [-0.25, -0.2) is 4.79 Å².